The molecule has 1 fully saturated rings. The molecule has 0 radical (unpaired) electrons. The fourth-order valence-electron chi connectivity index (χ4n) is 2.41. The summed E-state index contributed by atoms with van der Waals surface area (Å²) >= 11 is 1.65. The second-order valence-corrected chi connectivity index (χ2v) is 8.56. The maximum Gasteiger partial charge on any atom is 0.243 e. The van der Waals surface area contributed by atoms with Gasteiger partial charge < -0.3 is 0 Å². The van der Waals surface area contributed by atoms with Gasteiger partial charge in [0.05, 0.1) is 5.25 Å². The van der Waals surface area contributed by atoms with Gasteiger partial charge in [-0.2, -0.15) is 0 Å². The lowest BCUT2D eigenvalue weighted by molar-refractivity contribution is -0.145. The van der Waals surface area contributed by atoms with Gasteiger partial charge in [0.1, 0.15) is 7.28 Å². The zero-order chi connectivity index (χ0) is 15.7. The maximum absolute atomic E-state index is 12.7. The number of hydrogen-bond acceptors (Lipinski definition) is 3. The standard InChI is InChI=1S/C15H28BNO2S/c1-8-10(2)20-11-9-12(18)17(13(11)19)15(5,6)14(3,4)16-7/h10-11,16H,8-9H2,1-7H3. The summed E-state index contributed by atoms with van der Waals surface area (Å²) in [6, 6.07) is 0. The van der Waals surface area contributed by atoms with E-state index in [-0.39, 0.29) is 22.4 Å². The van der Waals surface area contributed by atoms with E-state index in [4.69, 9.17) is 0 Å². The lowest BCUT2D eigenvalue weighted by Gasteiger charge is -2.46. The van der Waals surface area contributed by atoms with Crippen LogP contribution in [0.5, 0.6) is 0 Å². The second kappa shape index (κ2) is 6.12. The average molecular weight is 297 g/mol. The average Bonchev–Trinajstić information content (AvgIpc) is 2.64. The van der Waals surface area contributed by atoms with E-state index in [1.807, 2.05) is 13.8 Å². The molecule has 1 saturated heterocycles. The third-order valence-corrected chi connectivity index (χ3v) is 6.67. The number of hydrogen-bond donors (Lipinski definition) is 0. The third kappa shape index (κ3) is 3.08. The fraction of sp³-hybridized carbons (Fsp3) is 0.867. The minimum Gasteiger partial charge on any atom is -0.276 e. The van der Waals surface area contributed by atoms with Crippen molar-refractivity contribution in [3.63, 3.8) is 0 Å². The monoisotopic (exact) mass is 297 g/mol. The van der Waals surface area contributed by atoms with Crippen molar-refractivity contribution in [3.05, 3.63) is 0 Å². The van der Waals surface area contributed by atoms with E-state index in [1.54, 1.807) is 11.8 Å². The summed E-state index contributed by atoms with van der Waals surface area (Å²) in [4.78, 5) is 26.6. The van der Waals surface area contributed by atoms with Crippen LogP contribution in [0.1, 0.15) is 54.4 Å². The Morgan fingerprint density at radius 3 is 2.35 bits per heavy atom. The van der Waals surface area contributed by atoms with Gasteiger partial charge in [-0.3, -0.25) is 14.5 Å². The van der Waals surface area contributed by atoms with Gasteiger partial charge >= 0.3 is 0 Å². The number of rotatable bonds is 6. The normalized spacial score (nSPS) is 22.4. The van der Waals surface area contributed by atoms with Crippen molar-refractivity contribution in [2.75, 3.05) is 0 Å². The van der Waals surface area contributed by atoms with Gasteiger partial charge in [0, 0.05) is 17.2 Å². The van der Waals surface area contributed by atoms with Crippen LogP contribution < -0.4 is 0 Å². The Labute approximate surface area is 128 Å². The zero-order valence-corrected chi connectivity index (χ0v) is 14.8. The third-order valence-electron chi connectivity index (χ3n) is 5.18. The molecule has 2 atom stereocenters. The molecule has 0 aromatic rings. The molecule has 0 aromatic heterocycles. The molecule has 0 spiro atoms. The fourth-order valence-corrected chi connectivity index (χ4v) is 3.62. The van der Waals surface area contributed by atoms with Gasteiger partial charge in [-0.05, 0) is 25.6 Å². The molecule has 5 heteroatoms. The topological polar surface area (TPSA) is 37.4 Å². The zero-order valence-electron chi connectivity index (χ0n) is 13.9. The first-order valence-corrected chi connectivity index (χ1v) is 8.55. The molecule has 0 bridgehead atoms. The van der Waals surface area contributed by atoms with Gasteiger partial charge in [-0.25, -0.2) is 0 Å². The predicted molar refractivity (Wildman–Crippen MR) is 88.7 cm³/mol. The molecule has 1 rings (SSSR count). The van der Waals surface area contributed by atoms with E-state index in [0.717, 1.165) is 13.7 Å². The number of carbonyl (C=O) groups is 2. The molecule has 20 heavy (non-hydrogen) atoms. The van der Waals surface area contributed by atoms with Crippen molar-refractivity contribution in [1.29, 1.82) is 0 Å². The van der Waals surface area contributed by atoms with E-state index in [0.29, 0.717) is 11.7 Å². The van der Waals surface area contributed by atoms with E-state index < -0.39 is 5.54 Å². The molecule has 1 heterocycles. The van der Waals surface area contributed by atoms with Gasteiger partial charge in [0.2, 0.25) is 11.8 Å². The van der Waals surface area contributed by atoms with E-state index in [9.17, 15) is 9.59 Å². The predicted octanol–water partition coefficient (Wildman–Crippen LogP) is 3.11. The first-order valence-electron chi connectivity index (χ1n) is 7.60. The summed E-state index contributed by atoms with van der Waals surface area (Å²) < 4.78 is 0. The van der Waals surface area contributed by atoms with Crippen LogP contribution >= 0.6 is 11.8 Å². The van der Waals surface area contributed by atoms with Crippen molar-refractivity contribution in [3.8, 4) is 0 Å². The van der Waals surface area contributed by atoms with Crippen LogP contribution in [-0.2, 0) is 9.59 Å². The van der Waals surface area contributed by atoms with Gasteiger partial charge in [0.25, 0.3) is 0 Å². The minimum atomic E-state index is -0.444. The highest BCUT2D eigenvalue weighted by Crippen LogP contribution is 2.45. The summed E-state index contributed by atoms with van der Waals surface area (Å²) in [6.45, 7) is 14.6. The lowest BCUT2D eigenvalue weighted by Crippen LogP contribution is -2.55. The Morgan fingerprint density at radius 1 is 1.35 bits per heavy atom. The quantitative estimate of drug-likeness (QED) is 0.558. The molecule has 2 amide bonds. The Morgan fingerprint density at radius 2 is 1.90 bits per heavy atom. The summed E-state index contributed by atoms with van der Waals surface area (Å²) in [6.07, 6.45) is 1.38. The van der Waals surface area contributed by atoms with Gasteiger partial charge in [-0.15, -0.1) is 11.8 Å². The van der Waals surface area contributed by atoms with E-state index in [1.165, 1.54) is 4.90 Å². The molecule has 3 nitrogen and oxygen atoms in total. The number of thioether (sulfide) groups is 1. The number of likely N-dealkylation sites (tertiary alicyclic amines) is 1. The number of imide groups is 1. The summed E-state index contributed by atoms with van der Waals surface area (Å²) in [5.41, 5.74) is -0.444. The molecule has 0 aliphatic carbocycles. The Balaban J connectivity index is 2.97. The van der Waals surface area contributed by atoms with Crippen LogP contribution in [0.15, 0.2) is 0 Å². The first-order chi connectivity index (χ1) is 9.08. The molecule has 2 unspecified atom stereocenters. The van der Waals surface area contributed by atoms with Crippen LogP contribution in [0.2, 0.25) is 12.1 Å². The van der Waals surface area contributed by atoms with E-state index >= 15 is 0 Å². The SMILES string of the molecule is CBC(C)(C)C(C)(C)N1C(=O)CC(SC(C)CC)C1=O. The van der Waals surface area contributed by atoms with Crippen molar-refractivity contribution in [1.82, 2.24) is 4.90 Å². The Hall–Kier alpha value is -0.445. The Kier molecular flexibility index (Phi) is 5.39. The van der Waals surface area contributed by atoms with E-state index in [2.05, 4.69) is 34.5 Å². The van der Waals surface area contributed by atoms with Crippen LogP contribution in [0.3, 0.4) is 0 Å². The summed E-state index contributed by atoms with van der Waals surface area (Å²) in [5, 5.41) is 0.136. The first kappa shape index (κ1) is 17.6. The van der Waals surface area contributed by atoms with Crippen molar-refractivity contribution < 1.29 is 9.59 Å². The molecule has 0 aromatic carbocycles. The van der Waals surface area contributed by atoms with Gasteiger partial charge in [-0.1, -0.05) is 34.5 Å². The largest absolute Gasteiger partial charge is 0.276 e. The molecule has 1 aliphatic rings. The highest BCUT2D eigenvalue weighted by atomic mass is 32.2. The summed E-state index contributed by atoms with van der Waals surface area (Å²) in [5.74, 6) is -0.00541. The molecule has 1 aliphatic heterocycles. The molecule has 114 valence electrons. The maximum atomic E-state index is 12.7. The van der Waals surface area contributed by atoms with Crippen molar-refractivity contribution in [2.45, 2.75) is 82.6 Å². The highest BCUT2D eigenvalue weighted by molar-refractivity contribution is 8.01. The molecular weight excluding hydrogens is 269 g/mol. The van der Waals surface area contributed by atoms with Crippen molar-refractivity contribution in [2.24, 2.45) is 0 Å². The molecular formula is C15H28BNO2S. The van der Waals surface area contributed by atoms with Crippen LogP contribution in [-0.4, -0.2) is 40.0 Å². The number of carbonyl (C=O) groups excluding carboxylic acids is 2. The minimum absolute atomic E-state index is 0.00632. The second-order valence-electron chi connectivity index (χ2n) is 6.91. The number of amides is 2. The molecule has 0 saturated carbocycles. The van der Waals surface area contributed by atoms with Crippen LogP contribution in [0, 0.1) is 0 Å². The smallest absolute Gasteiger partial charge is 0.243 e. The van der Waals surface area contributed by atoms with Crippen LogP contribution in [0.4, 0.5) is 0 Å². The lowest BCUT2D eigenvalue weighted by atomic mass is 9.48. The highest BCUT2D eigenvalue weighted by Gasteiger charge is 2.51. The summed E-state index contributed by atoms with van der Waals surface area (Å²) in [7, 11) is 0.931. The van der Waals surface area contributed by atoms with Gasteiger partial charge in [0.15, 0.2) is 0 Å². The van der Waals surface area contributed by atoms with Crippen LogP contribution in [0.25, 0.3) is 0 Å². The number of nitrogens with zero attached hydrogens (tertiary/aromatic N) is 1. The Bertz CT molecular complexity index is 395. The molecule has 0 N–H and O–H groups in total. The van der Waals surface area contributed by atoms with Crippen molar-refractivity contribution >= 4 is 30.9 Å².